The fourth-order valence-corrected chi connectivity index (χ4v) is 2.04. The Morgan fingerprint density at radius 1 is 1.33 bits per heavy atom. The van der Waals surface area contributed by atoms with Gasteiger partial charge in [0.15, 0.2) is 0 Å². The molecule has 0 unspecified atom stereocenters. The molecule has 2 aromatic rings. The number of nitrogens with one attached hydrogen (secondary N) is 2. The predicted octanol–water partition coefficient (Wildman–Crippen LogP) is 2.72. The van der Waals surface area contributed by atoms with Crippen molar-refractivity contribution in [1.82, 2.24) is 10.3 Å². The van der Waals surface area contributed by atoms with E-state index in [4.69, 9.17) is 16.3 Å². The van der Waals surface area contributed by atoms with E-state index >= 15 is 0 Å². The van der Waals surface area contributed by atoms with E-state index in [2.05, 4.69) is 15.6 Å². The first-order valence-electron chi connectivity index (χ1n) is 6.38. The van der Waals surface area contributed by atoms with E-state index in [0.29, 0.717) is 23.0 Å². The monoisotopic (exact) mass is 305 g/mol. The molecule has 0 saturated heterocycles. The number of hydrogen-bond acceptors (Lipinski definition) is 4. The third-order valence-corrected chi connectivity index (χ3v) is 3.19. The Balaban J connectivity index is 2.09. The minimum atomic E-state index is -0.197. The van der Waals surface area contributed by atoms with E-state index in [1.54, 1.807) is 44.6 Å². The van der Waals surface area contributed by atoms with Crippen molar-refractivity contribution in [2.45, 2.75) is 6.54 Å². The van der Waals surface area contributed by atoms with E-state index in [0.717, 1.165) is 11.3 Å². The van der Waals surface area contributed by atoms with Crippen LogP contribution >= 0.6 is 11.6 Å². The van der Waals surface area contributed by atoms with Crippen LogP contribution in [-0.4, -0.2) is 25.0 Å². The van der Waals surface area contributed by atoms with Crippen LogP contribution in [0.15, 0.2) is 36.5 Å². The number of anilines is 1. The van der Waals surface area contributed by atoms with E-state index < -0.39 is 0 Å². The molecule has 0 aliphatic carbocycles. The molecule has 0 spiro atoms. The lowest BCUT2D eigenvalue weighted by atomic mass is 10.1. The summed E-state index contributed by atoms with van der Waals surface area (Å²) in [5.74, 6) is 0.318. The lowest BCUT2D eigenvalue weighted by Crippen LogP contribution is -2.23. The van der Waals surface area contributed by atoms with Crippen LogP contribution in [0, 0.1) is 0 Å². The first-order valence-corrected chi connectivity index (χ1v) is 6.76. The van der Waals surface area contributed by atoms with Gasteiger partial charge in [0, 0.05) is 36.6 Å². The highest BCUT2D eigenvalue weighted by molar-refractivity contribution is 6.31. The molecule has 0 atom stereocenters. The smallest absolute Gasteiger partial charge is 0.253 e. The van der Waals surface area contributed by atoms with Crippen molar-refractivity contribution >= 4 is 23.2 Å². The molecule has 0 saturated carbocycles. The zero-order valence-corrected chi connectivity index (χ0v) is 12.6. The maximum atomic E-state index is 12.2. The van der Waals surface area contributed by atoms with Crippen LogP contribution in [0.5, 0.6) is 5.88 Å². The van der Waals surface area contributed by atoms with E-state index in [1.807, 2.05) is 6.07 Å². The summed E-state index contributed by atoms with van der Waals surface area (Å²) in [6.07, 6.45) is 1.64. The van der Waals surface area contributed by atoms with Crippen LogP contribution in [0.25, 0.3) is 0 Å². The predicted molar refractivity (Wildman–Crippen MR) is 83.0 cm³/mol. The summed E-state index contributed by atoms with van der Waals surface area (Å²) in [7, 11) is 3.31. The number of hydrogen-bond donors (Lipinski definition) is 2. The Kier molecular flexibility index (Phi) is 5.00. The van der Waals surface area contributed by atoms with Crippen molar-refractivity contribution in [3.8, 4) is 5.88 Å². The molecule has 0 fully saturated rings. The van der Waals surface area contributed by atoms with E-state index in [9.17, 15) is 4.79 Å². The Morgan fingerprint density at radius 3 is 2.86 bits per heavy atom. The first kappa shape index (κ1) is 15.1. The topological polar surface area (TPSA) is 63.2 Å². The number of ether oxygens (including phenoxy) is 1. The van der Waals surface area contributed by atoms with Gasteiger partial charge in [-0.25, -0.2) is 4.98 Å². The second kappa shape index (κ2) is 6.95. The number of carbonyl (C=O) groups is 1. The normalized spacial score (nSPS) is 10.0. The van der Waals surface area contributed by atoms with Crippen molar-refractivity contribution < 1.29 is 9.53 Å². The van der Waals surface area contributed by atoms with Crippen molar-refractivity contribution in [2.75, 3.05) is 19.5 Å². The Morgan fingerprint density at radius 2 is 2.14 bits per heavy atom. The van der Waals surface area contributed by atoms with Gasteiger partial charge in [0.25, 0.3) is 5.91 Å². The maximum Gasteiger partial charge on any atom is 0.253 e. The molecule has 6 heteroatoms. The quantitative estimate of drug-likeness (QED) is 0.891. The summed E-state index contributed by atoms with van der Waals surface area (Å²) in [6, 6.07) is 8.73. The van der Waals surface area contributed by atoms with Crippen molar-refractivity contribution in [2.24, 2.45) is 0 Å². The number of amides is 1. The average Bonchev–Trinajstić information content (AvgIpc) is 2.52. The van der Waals surface area contributed by atoms with Crippen LogP contribution in [0.3, 0.4) is 0 Å². The second-order valence-electron chi connectivity index (χ2n) is 4.33. The lowest BCUT2D eigenvalue weighted by Gasteiger charge is -2.10. The molecule has 0 aliphatic rings. The van der Waals surface area contributed by atoms with E-state index in [1.165, 1.54) is 0 Å². The van der Waals surface area contributed by atoms with Gasteiger partial charge in [-0.2, -0.15) is 0 Å². The minimum Gasteiger partial charge on any atom is -0.481 e. The largest absolute Gasteiger partial charge is 0.481 e. The maximum absolute atomic E-state index is 12.2. The van der Waals surface area contributed by atoms with Crippen LogP contribution in [0.1, 0.15) is 15.9 Å². The third-order valence-electron chi connectivity index (χ3n) is 2.96. The number of benzene rings is 1. The van der Waals surface area contributed by atoms with Gasteiger partial charge < -0.3 is 15.4 Å². The lowest BCUT2D eigenvalue weighted by molar-refractivity contribution is 0.0951. The molecule has 1 heterocycles. The molecule has 21 heavy (non-hydrogen) atoms. The molecule has 0 aliphatic heterocycles. The Bertz CT molecular complexity index is 647. The standard InChI is InChI=1S/C15H16ClN3O2/c1-17-13-4-3-11(16)8-12(13)15(20)19-9-10-5-6-18-14(7-10)21-2/h3-8,17H,9H2,1-2H3,(H,19,20). The van der Waals surface area contributed by atoms with Gasteiger partial charge in [0.1, 0.15) is 0 Å². The Hall–Kier alpha value is -2.27. The van der Waals surface area contributed by atoms with Crippen LogP contribution in [0.2, 0.25) is 5.02 Å². The molecule has 0 bridgehead atoms. The summed E-state index contributed by atoms with van der Waals surface area (Å²) >= 11 is 5.94. The zero-order valence-electron chi connectivity index (χ0n) is 11.8. The molecule has 5 nitrogen and oxygen atoms in total. The van der Waals surface area contributed by atoms with Gasteiger partial charge in [-0.05, 0) is 29.8 Å². The van der Waals surface area contributed by atoms with Crippen molar-refractivity contribution in [3.05, 3.63) is 52.7 Å². The van der Waals surface area contributed by atoms with Crippen LogP contribution < -0.4 is 15.4 Å². The second-order valence-corrected chi connectivity index (χ2v) is 4.77. The molecule has 0 radical (unpaired) electrons. The van der Waals surface area contributed by atoms with Gasteiger partial charge in [-0.3, -0.25) is 4.79 Å². The fourth-order valence-electron chi connectivity index (χ4n) is 1.87. The molecule has 1 aromatic heterocycles. The number of nitrogens with zero attached hydrogens (tertiary/aromatic N) is 1. The van der Waals surface area contributed by atoms with Crippen molar-refractivity contribution in [3.63, 3.8) is 0 Å². The Labute approximate surface area is 128 Å². The third kappa shape index (κ3) is 3.86. The molecule has 1 aromatic carbocycles. The molecule has 1 amide bonds. The van der Waals surface area contributed by atoms with Gasteiger partial charge in [-0.15, -0.1) is 0 Å². The van der Waals surface area contributed by atoms with Gasteiger partial charge in [-0.1, -0.05) is 11.6 Å². The number of methoxy groups -OCH3 is 1. The van der Waals surface area contributed by atoms with Crippen LogP contribution in [-0.2, 0) is 6.54 Å². The molecule has 2 N–H and O–H groups in total. The average molecular weight is 306 g/mol. The summed E-state index contributed by atoms with van der Waals surface area (Å²) in [5.41, 5.74) is 2.14. The molecule has 2 rings (SSSR count). The summed E-state index contributed by atoms with van der Waals surface area (Å²) < 4.78 is 5.05. The summed E-state index contributed by atoms with van der Waals surface area (Å²) in [5, 5.41) is 6.34. The molecular formula is C15H16ClN3O2. The fraction of sp³-hybridized carbons (Fsp3) is 0.200. The molecule has 110 valence electrons. The SMILES string of the molecule is CNc1ccc(Cl)cc1C(=O)NCc1ccnc(OC)c1. The number of carbonyl (C=O) groups excluding carboxylic acids is 1. The summed E-state index contributed by atoms with van der Waals surface area (Å²) in [6.45, 7) is 0.382. The number of halogens is 1. The van der Waals surface area contributed by atoms with Crippen LogP contribution in [0.4, 0.5) is 5.69 Å². The van der Waals surface area contributed by atoms with E-state index in [-0.39, 0.29) is 5.91 Å². The number of aromatic nitrogens is 1. The minimum absolute atomic E-state index is 0.197. The van der Waals surface area contributed by atoms with Crippen molar-refractivity contribution in [1.29, 1.82) is 0 Å². The van der Waals surface area contributed by atoms with Gasteiger partial charge in [0.2, 0.25) is 5.88 Å². The van der Waals surface area contributed by atoms with Gasteiger partial charge >= 0.3 is 0 Å². The number of pyridine rings is 1. The highest BCUT2D eigenvalue weighted by Gasteiger charge is 2.11. The first-order chi connectivity index (χ1) is 10.1. The van der Waals surface area contributed by atoms with Gasteiger partial charge in [0.05, 0.1) is 12.7 Å². The number of rotatable bonds is 5. The molecular weight excluding hydrogens is 290 g/mol. The highest BCUT2D eigenvalue weighted by atomic mass is 35.5. The zero-order chi connectivity index (χ0) is 15.2. The highest BCUT2D eigenvalue weighted by Crippen LogP contribution is 2.20. The summed E-state index contributed by atoms with van der Waals surface area (Å²) in [4.78, 5) is 16.3.